The molecule has 0 spiro atoms. The summed E-state index contributed by atoms with van der Waals surface area (Å²) in [6.45, 7) is 0.325. The number of hydrogen-bond donors (Lipinski definition) is 3. The predicted molar refractivity (Wildman–Crippen MR) is 111 cm³/mol. The van der Waals surface area contributed by atoms with Gasteiger partial charge >= 0.3 is 0 Å². The van der Waals surface area contributed by atoms with E-state index in [9.17, 15) is 13.9 Å². The van der Waals surface area contributed by atoms with Gasteiger partial charge in [0.2, 0.25) is 0 Å². The minimum atomic E-state index is -0.822. The van der Waals surface area contributed by atoms with E-state index in [1.807, 2.05) is 12.1 Å². The van der Waals surface area contributed by atoms with Crippen LogP contribution in [0.25, 0.3) is 0 Å². The average Bonchev–Trinajstić information content (AvgIpc) is 2.66. The Kier molecular flexibility index (Phi) is 7.20. The van der Waals surface area contributed by atoms with Gasteiger partial charge in [-0.1, -0.05) is 47.3 Å². The Hall–Kier alpha value is -1.34. The average molecular weight is 453 g/mol. The third kappa shape index (κ3) is 5.38. The van der Waals surface area contributed by atoms with E-state index in [-0.39, 0.29) is 12.0 Å². The maximum absolute atomic E-state index is 13.4. The Bertz CT molecular complexity index is 776. The van der Waals surface area contributed by atoms with Gasteiger partial charge in [-0.2, -0.15) is 0 Å². The Morgan fingerprint density at radius 3 is 2.39 bits per heavy atom. The van der Waals surface area contributed by atoms with Crippen LogP contribution in [0.5, 0.6) is 0 Å². The fourth-order valence-corrected chi connectivity index (χ4v) is 4.50. The van der Waals surface area contributed by atoms with E-state index in [4.69, 9.17) is 5.73 Å². The number of benzene rings is 2. The van der Waals surface area contributed by atoms with Crippen LogP contribution in [0.1, 0.15) is 43.2 Å². The summed E-state index contributed by atoms with van der Waals surface area (Å²) < 4.78 is 27.8. The number of aliphatic hydroxyl groups excluding tert-OH is 1. The lowest BCUT2D eigenvalue weighted by Gasteiger charge is -2.40. The van der Waals surface area contributed by atoms with Crippen molar-refractivity contribution in [1.29, 1.82) is 0 Å². The van der Waals surface area contributed by atoms with Crippen LogP contribution in [0.2, 0.25) is 0 Å². The first-order chi connectivity index (χ1) is 13.4. The molecule has 4 N–H and O–H groups in total. The standard InChI is InChI=1S/C22H27BrF2N2O/c23-17-6-4-5-16(12-17)22(7-2-1-3-8-22)27-14-21(28)20(26)11-15-9-18(24)13-19(25)10-15/h4-6,9-10,12-13,20-21,27-28H,1-3,7-8,11,14,26H2/t20-,21+/m0/s1. The molecule has 0 bridgehead atoms. The van der Waals surface area contributed by atoms with Crippen LogP contribution >= 0.6 is 15.9 Å². The number of hydrogen-bond acceptors (Lipinski definition) is 3. The van der Waals surface area contributed by atoms with Crippen molar-refractivity contribution in [3.8, 4) is 0 Å². The molecule has 1 aliphatic carbocycles. The second-order valence-electron chi connectivity index (χ2n) is 7.75. The molecule has 2 aromatic rings. The Morgan fingerprint density at radius 1 is 1.07 bits per heavy atom. The molecule has 0 unspecified atom stereocenters. The first-order valence-electron chi connectivity index (χ1n) is 9.78. The molecule has 2 atom stereocenters. The van der Waals surface area contributed by atoms with Crippen LogP contribution in [0, 0.1) is 11.6 Å². The number of halogens is 3. The predicted octanol–water partition coefficient (Wildman–Crippen LogP) is 4.41. The molecule has 1 aliphatic rings. The quantitative estimate of drug-likeness (QED) is 0.582. The highest BCUT2D eigenvalue weighted by atomic mass is 79.9. The molecular weight excluding hydrogens is 426 g/mol. The summed E-state index contributed by atoms with van der Waals surface area (Å²) in [5.41, 5.74) is 7.59. The molecule has 0 aromatic heterocycles. The minimum absolute atomic E-state index is 0.187. The van der Waals surface area contributed by atoms with E-state index in [0.717, 1.165) is 36.2 Å². The van der Waals surface area contributed by atoms with Crippen molar-refractivity contribution >= 4 is 15.9 Å². The molecule has 28 heavy (non-hydrogen) atoms. The van der Waals surface area contributed by atoms with Crippen molar-refractivity contribution in [3.63, 3.8) is 0 Å². The zero-order valence-electron chi connectivity index (χ0n) is 15.8. The SMILES string of the molecule is N[C@@H](Cc1cc(F)cc(F)c1)[C@H](O)CNC1(c2cccc(Br)c2)CCCCC1. The molecule has 0 heterocycles. The van der Waals surface area contributed by atoms with Crippen molar-refractivity contribution < 1.29 is 13.9 Å². The molecule has 2 aromatic carbocycles. The molecule has 1 saturated carbocycles. The third-order valence-electron chi connectivity index (χ3n) is 5.62. The van der Waals surface area contributed by atoms with E-state index >= 15 is 0 Å². The highest BCUT2D eigenvalue weighted by molar-refractivity contribution is 9.10. The van der Waals surface area contributed by atoms with Crippen molar-refractivity contribution in [3.05, 3.63) is 69.7 Å². The highest BCUT2D eigenvalue weighted by Crippen LogP contribution is 2.38. The lowest BCUT2D eigenvalue weighted by molar-refractivity contribution is 0.116. The van der Waals surface area contributed by atoms with Gasteiger partial charge in [0, 0.05) is 28.7 Å². The van der Waals surface area contributed by atoms with Gasteiger partial charge in [0.15, 0.2) is 0 Å². The first-order valence-corrected chi connectivity index (χ1v) is 10.6. The summed E-state index contributed by atoms with van der Waals surface area (Å²) in [7, 11) is 0. The number of nitrogens with one attached hydrogen (secondary N) is 1. The van der Waals surface area contributed by atoms with E-state index in [1.165, 1.54) is 24.1 Å². The van der Waals surface area contributed by atoms with E-state index in [1.54, 1.807) is 0 Å². The zero-order valence-corrected chi connectivity index (χ0v) is 17.4. The van der Waals surface area contributed by atoms with Crippen molar-refractivity contribution in [2.24, 2.45) is 5.73 Å². The number of aliphatic hydroxyl groups is 1. The maximum atomic E-state index is 13.4. The van der Waals surface area contributed by atoms with E-state index in [2.05, 4.69) is 33.4 Å². The topological polar surface area (TPSA) is 58.3 Å². The fraction of sp³-hybridized carbons (Fsp3) is 0.455. The van der Waals surface area contributed by atoms with Gasteiger partial charge in [0.25, 0.3) is 0 Å². The van der Waals surface area contributed by atoms with Gasteiger partial charge in [-0.15, -0.1) is 0 Å². The van der Waals surface area contributed by atoms with Gasteiger partial charge in [-0.3, -0.25) is 0 Å². The van der Waals surface area contributed by atoms with Gasteiger partial charge in [-0.25, -0.2) is 8.78 Å². The van der Waals surface area contributed by atoms with Crippen molar-refractivity contribution in [2.75, 3.05) is 6.54 Å². The molecule has 3 nitrogen and oxygen atoms in total. The van der Waals surface area contributed by atoms with E-state index in [0.29, 0.717) is 12.1 Å². The van der Waals surface area contributed by atoms with Gasteiger partial charge in [0.1, 0.15) is 11.6 Å². The third-order valence-corrected chi connectivity index (χ3v) is 6.12. The number of nitrogens with two attached hydrogens (primary N) is 1. The summed E-state index contributed by atoms with van der Waals surface area (Å²) in [5, 5.41) is 14.1. The number of rotatable bonds is 7. The van der Waals surface area contributed by atoms with Crippen LogP contribution in [0.15, 0.2) is 46.9 Å². The summed E-state index contributed by atoms with van der Waals surface area (Å²) in [5.74, 6) is -1.27. The minimum Gasteiger partial charge on any atom is -0.390 e. The molecule has 1 fully saturated rings. The molecule has 6 heteroatoms. The Balaban J connectivity index is 1.67. The van der Waals surface area contributed by atoms with Crippen molar-refractivity contribution in [1.82, 2.24) is 5.32 Å². The van der Waals surface area contributed by atoms with Gasteiger partial charge < -0.3 is 16.2 Å². The smallest absolute Gasteiger partial charge is 0.126 e. The largest absolute Gasteiger partial charge is 0.390 e. The summed E-state index contributed by atoms with van der Waals surface area (Å²) in [4.78, 5) is 0. The molecule has 0 aliphatic heterocycles. The van der Waals surface area contributed by atoms with Crippen molar-refractivity contribution in [2.45, 2.75) is 56.2 Å². The van der Waals surface area contributed by atoms with Gasteiger partial charge in [-0.05, 0) is 54.7 Å². The van der Waals surface area contributed by atoms with Crippen LogP contribution in [-0.2, 0) is 12.0 Å². The molecule has 0 amide bonds. The second-order valence-corrected chi connectivity index (χ2v) is 8.66. The van der Waals surface area contributed by atoms with Gasteiger partial charge in [0.05, 0.1) is 6.10 Å². The summed E-state index contributed by atoms with van der Waals surface area (Å²) in [6.07, 6.45) is 4.86. The van der Waals surface area contributed by atoms with Crippen LogP contribution in [-0.4, -0.2) is 23.8 Å². The first kappa shape index (κ1) is 21.4. The van der Waals surface area contributed by atoms with E-state index < -0.39 is 23.8 Å². The van der Waals surface area contributed by atoms with Crippen LogP contribution in [0.4, 0.5) is 8.78 Å². The summed E-state index contributed by atoms with van der Waals surface area (Å²) in [6, 6.07) is 11.0. The monoisotopic (exact) mass is 452 g/mol. The maximum Gasteiger partial charge on any atom is 0.126 e. The summed E-state index contributed by atoms with van der Waals surface area (Å²) >= 11 is 3.55. The van der Waals surface area contributed by atoms with Crippen LogP contribution < -0.4 is 11.1 Å². The van der Waals surface area contributed by atoms with Crippen LogP contribution in [0.3, 0.4) is 0 Å². The molecular formula is C22H27BrF2N2O. The molecule has 152 valence electrons. The molecule has 0 radical (unpaired) electrons. The Morgan fingerprint density at radius 2 is 1.75 bits per heavy atom. The lowest BCUT2D eigenvalue weighted by atomic mass is 9.76. The molecule has 3 rings (SSSR count). The normalized spacial score (nSPS) is 18.6. The fourth-order valence-electron chi connectivity index (χ4n) is 4.10. The highest BCUT2D eigenvalue weighted by Gasteiger charge is 2.34. The lowest BCUT2D eigenvalue weighted by Crippen LogP contribution is -2.51. The Labute approximate surface area is 173 Å². The second kappa shape index (κ2) is 9.44. The molecule has 0 saturated heterocycles. The zero-order chi connectivity index (χ0) is 20.1.